The van der Waals surface area contributed by atoms with Gasteiger partial charge in [-0.05, 0) is 54.1 Å². The van der Waals surface area contributed by atoms with Crippen molar-refractivity contribution < 1.29 is 33.4 Å². The van der Waals surface area contributed by atoms with E-state index in [1.165, 1.54) is 33.5 Å². The van der Waals surface area contributed by atoms with Crippen LogP contribution in [0.3, 0.4) is 0 Å². The molecule has 0 unspecified atom stereocenters. The van der Waals surface area contributed by atoms with Crippen LogP contribution in [0, 0.1) is 0 Å². The molecule has 2 heterocycles. The van der Waals surface area contributed by atoms with Gasteiger partial charge in [0.25, 0.3) is 5.79 Å². The summed E-state index contributed by atoms with van der Waals surface area (Å²) in [6.45, 7) is 0. The summed E-state index contributed by atoms with van der Waals surface area (Å²) < 4.78 is 22.6. The lowest BCUT2D eigenvalue weighted by atomic mass is 9.95. The van der Waals surface area contributed by atoms with Gasteiger partial charge in [0.15, 0.2) is 11.5 Å². The topological polar surface area (TPSA) is 83.5 Å². The summed E-state index contributed by atoms with van der Waals surface area (Å²) in [4.78, 5) is 33.3. The van der Waals surface area contributed by atoms with E-state index >= 15 is 0 Å². The number of fused-ring (bicyclic) bond motifs is 1. The summed E-state index contributed by atoms with van der Waals surface area (Å²) in [6.07, 6.45) is 3.36. The van der Waals surface area contributed by atoms with Gasteiger partial charge in [-0.15, -0.1) is 0 Å². The normalized spacial score (nSPS) is 20.1. The first-order valence-corrected chi connectivity index (χ1v) is 11.4. The van der Waals surface area contributed by atoms with E-state index in [9.17, 15) is 9.59 Å². The Kier molecular flexibility index (Phi) is 6.17. The van der Waals surface area contributed by atoms with Gasteiger partial charge in [-0.25, -0.2) is 14.7 Å². The molecular formula is C27H22ClNO7. The maximum absolute atomic E-state index is 14.0. The Morgan fingerprint density at radius 2 is 1.72 bits per heavy atom. The molecule has 1 aliphatic carbocycles. The lowest BCUT2D eigenvalue weighted by molar-refractivity contribution is -0.169. The minimum absolute atomic E-state index is 0.0882. The Bertz CT molecular complexity index is 1360. The number of halogens is 1. The van der Waals surface area contributed by atoms with Crippen LogP contribution in [-0.4, -0.2) is 38.9 Å². The molecule has 3 aliphatic rings. The minimum Gasteiger partial charge on any atom is -0.493 e. The molecule has 0 saturated carbocycles. The number of para-hydroxylation sites is 1. The van der Waals surface area contributed by atoms with Crippen molar-refractivity contribution in [2.75, 3.05) is 26.4 Å². The van der Waals surface area contributed by atoms with Gasteiger partial charge in [0, 0.05) is 12.1 Å². The number of ether oxygens (including phenoxy) is 4. The summed E-state index contributed by atoms with van der Waals surface area (Å²) in [5.41, 5.74) is 1.52. The molecule has 0 N–H and O–H groups in total. The fraction of sp³-hybridized carbons (Fsp3) is 0.185. The van der Waals surface area contributed by atoms with E-state index in [2.05, 4.69) is 0 Å². The van der Waals surface area contributed by atoms with Gasteiger partial charge in [-0.1, -0.05) is 35.9 Å². The van der Waals surface area contributed by atoms with Crippen LogP contribution in [0.5, 0.6) is 17.2 Å². The third-order valence-electron chi connectivity index (χ3n) is 6.09. The fourth-order valence-corrected chi connectivity index (χ4v) is 4.45. The second-order valence-corrected chi connectivity index (χ2v) is 8.50. The lowest BCUT2D eigenvalue weighted by Crippen LogP contribution is -2.48. The second-order valence-electron chi connectivity index (χ2n) is 8.06. The van der Waals surface area contributed by atoms with Gasteiger partial charge < -0.3 is 18.9 Å². The predicted octanol–water partition coefficient (Wildman–Crippen LogP) is 5.16. The van der Waals surface area contributed by atoms with E-state index in [0.717, 1.165) is 0 Å². The summed E-state index contributed by atoms with van der Waals surface area (Å²) in [5.74, 6) is -2.78. The highest BCUT2D eigenvalue weighted by Gasteiger charge is 2.52. The molecule has 36 heavy (non-hydrogen) atoms. The Morgan fingerprint density at radius 1 is 1.00 bits per heavy atom. The zero-order chi connectivity index (χ0) is 25.4. The molecule has 0 radical (unpaired) electrons. The molecule has 0 saturated heterocycles. The second kappa shape index (κ2) is 9.31. The zero-order valence-corrected chi connectivity index (χ0v) is 20.4. The van der Waals surface area contributed by atoms with Crippen molar-refractivity contribution in [1.82, 2.24) is 0 Å². The maximum atomic E-state index is 14.0. The molecule has 8 nitrogen and oxygen atoms in total. The van der Waals surface area contributed by atoms with Crippen molar-refractivity contribution in [3.8, 4) is 17.2 Å². The van der Waals surface area contributed by atoms with Gasteiger partial charge in [0.2, 0.25) is 11.5 Å². The number of rotatable bonds is 6. The van der Waals surface area contributed by atoms with Crippen molar-refractivity contribution >= 4 is 29.0 Å². The molecule has 0 aromatic heterocycles. The SMILES string of the molecule is COc1cc2c(c(OC(=O)c3ccc(Cl)cc3)c1OC)C(=O)[C@]1(OC)C=C[C@H]2N(c2ccccc2)O1. The Hall–Kier alpha value is -3.85. The molecule has 184 valence electrons. The van der Waals surface area contributed by atoms with E-state index in [-0.39, 0.29) is 28.4 Å². The Labute approximate surface area is 212 Å². The predicted molar refractivity (Wildman–Crippen MR) is 132 cm³/mol. The van der Waals surface area contributed by atoms with Crippen LogP contribution in [0.15, 0.2) is 72.8 Å². The molecule has 0 amide bonds. The number of methoxy groups -OCH3 is 3. The molecule has 0 fully saturated rings. The van der Waals surface area contributed by atoms with Gasteiger partial charge >= 0.3 is 5.97 Å². The van der Waals surface area contributed by atoms with E-state index in [1.54, 1.807) is 35.4 Å². The van der Waals surface area contributed by atoms with E-state index in [4.69, 9.17) is 35.4 Å². The number of hydrogen-bond acceptors (Lipinski definition) is 8. The van der Waals surface area contributed by atoms with E-state index in [1.807, 2.05) is 30.3 Å². The van der Waals surface area contributed by atoms with E-state index < -0.39 is 23.6 Å². The number of Topliss-reactive ketones (excluding diaryl/α,β-unsaturated/α-hetero) is 1. The third kappa shape index (κ3) is 3.80. The molecule has 3 aromatic carbocycles. The number of benzene rings is 3. The number of esters is 1. The number of ketones is 1. The molecule has 6 rings (SSSR count). The zero-order valence-electron chi connectivity index (χ0n) is 19.7. The molecule has 2 bridgehead atoms. The van der Waals surface area contributed by atoms with Crippen LogP contribution >= 0.6 is 11.6 Å². The number of nitrogens with zero attached hydrogens (tertiary/aromatic N) is 1. The lowest BCUT2D eigenvalue weighted by Gasteiger charge is -2.38. The highest BCUT2D eigenvalue weighted by atomic mass is 35.5. The van der Waals surface area contributed by atoms with Crippen molar-refractivity contribution in [2.45, 2.75) is 11.8 Å². The van der Waals surface area contributed by atoms with Gasteiger partial charge in [-0.2, -0.15) is 0 Å². The first-order chi connectivity index (χ1) is 17.4. The summed E-state index contributed by atoms with van der Waals surface area (Å²) in [7, 11) is 4.23. The molecule has 2 atom stereocenters. The first kappa shape index (κ1) is 23.9. The van der Waals surface area contributed by atoms with Crippen LogP contribution in [-0.2, 0) is 9.57 Å². The Balaban J connectivity index is 1.72. The standard InChI is InChI=1S/C27H22ClNO7/c1-32-21-15-19-20-13-14-27(34-3,36-29(20)18-7-5-4-6-8-18)25(30)22(19)24(23(21)33-2)35-26(31)16-9-11-17(28)12-10-16/h4-15,20H,1-3H3/t20-,27+/m1/s1. The number of hydroxylamine groups is 1. The summed E-state index contributed by atoms with van der Waals surface area (Å²) in [6, 6.07) is 16.6. The average Bonchev–Trinajstić information content (AvgIpc) is 3.10. The highest BCUT2D eigenvalue weighted by Crippen LogP contribution is 2.51. The van der Waals surface area contributed by atoms with Crippen molar-refractivity contribution in [1.29, 1.82) is 0 Å². The third-order valence-corrected chi connectivity index (χ3v) is 6.34. The fourth-order valence-electron chi connectivity index (χ4n) is 4.32. The van der Waals surface area contributed by atoms with E-state index in [0.29, 0.717) is 16.3 Å². The molecule has 9 heteroatoms. The smallest absolute Gasteiger partial charge is 0.343 e. The minimum atomic E-state index is -1.79. The average molecular weight is 508 g/mol. The molecule has 2 aliphatic heterocycles. The van der Waals surface area contributed by atoms with Crippen LogP contribution in [0.1, 0.15) is 32.3 Å². The van der Waals surface area contributed by atoms with Crippen LogP contribution in [0.25, 0.3) is 0 Å². The van der Waals surface area contributed by atoms with Crippen molar-refractivity contribution in [3.05, 3.63) is 94.5 Å². The van der Waals surface area contributed by atoms with Crippen LogP contribution in [0.4, 0.5) is 5.69 Å². The first-order valence-electron chi connectivity index (χ1n) is 11.0. The molecule has 3 aromatic rings. The van der Waals surface area contributed by atoms with Crippen molar-refractivity contribution in [2.24, 2.45) is 0 Å². The largest absolute Gasteiger partial charge is 0.493 e. The summed E-state index contributed by atoms with van der Waals surface area (Å²) in [5, 5.41) is 2.06. The maximum Gasteiger partial charge on any atom is 0.343 e. The highest BCUT2D eigenvalue weighted by molar-refractivity contribution is 6.30. The molecule has 0 spiro atoms. The summed E-state index contributed by atoms with van der Waals surface area (Å²) >= 11 is 5.96. The van der Waals surface area contributed by atoms with Crippen LogP contribution < -0.4 is 19.3 Å². The number of carbonyl (C=O) groups is 2. The van der Waals surface area contributed by atoms with Crippen LogP contribution in [0.2, 0.25) is 5.02 Å². The Morgan fingerprint density at radius 3 is 2.36 bits per heavy atom. The monoisotopic (exact) mass is 507 g/mol. The number of carbonyl (C=O) groups excluding carboxylic acids is 2. The van der Waals surface area contributed by atoms with Gasteiger partial charge in [0.1, 0.15) is 6.04 Å². The quantitative estimate of drug-likeness (QED) is 0.257. The molecular weight excluding hydrogens is 486 g/mol. The van der Waals surface area contributed by atoms with Gasteiger partial charge in [-0.3, -0.25) is 4.79 Å². The van der Waals surface area contributed by atoms with Gasteiger partial charge in [0.05, 0.1) is 31.0 Å². The number of anilines is 1. The number of hydrogen-bond donors (Lipinski definition) is 0. The van der Waals surface area contributed by atoms with Crippen molar-refractivity contribution in [3.63, 3.8) is 0 Å².